The van der Waals surface area contributed by atoms with Crippen LogP contribution in [0.1, 0.15) is 27.6 Å². The molecule has 6 nitrogen and oxygen atoms in total. The highest BCUT2D eigenvalue weighted by atomic mass is 32.2. The van der Waals surface area contributed by atoms with Crippen molar-refractivity contribution in [1.82, 2.24) is 4.31 Å². The SMILES string of the molecule is COc1cc2c(cc1OC)C(c1cccs1)N(S(=O)(=O)c1ccc(C#N)cc1)CC2. The molecule has 1 aliphatic heterocycles. The minimum absolute atomic E-state index is 0.173. The largest absolute Gasteiger partial charge is 0.493 e. The summed E-state index contributed by atoms with van der Waals surface area (Å²) in [7, 11) is -0.625. The Balaban J connectivity index is 1.86. The normalized spacial score (nSPS) is 16.5. The van der Waals surface area contributed by atoms with Crippen molar-refractivity contribution in [3.63, 3.8) is 0 Å². The molecule has 0 saturated heterocycles. The summed E-state index contributed by atoms with van der Waals surface area (Å²) < 4.78 is 39.6. The van der Waals surface area contributed by atoms with Crippen molar-refractivity contribution in [2.45, 2.75) is 17.4 Å². The molecule has 0 spiro atoms. The summed E-state index contributed by atoms with van der Waals surface area (Å²) in [5.74, 6) is 1.19. The molecule has 0 fully saturated rings. The zero-order valence-corrected chi connectivity index (χ0v) is 18.2. The molecule has 30 heavy (non-hydrogen) atoms. The Bertz CT molecular complexity index is 1200. The van der Waals surface area contributed by atoms with E-state index in [1.54, 1.807) is 14.2 Å². The maximum atomic E-state index is 13.6. The standard InChI is InChI=1S/C22H20N2O4S2/c1-27-19-12-16-9-10-24(30(25,26)17-7-5-15(14-23)6-8-17)22(21-4-3-11-29-21)18(16)13-20(19)28-2/h3-8,11-13,22H,9-10H2,1-2H3. The van der Waals surface area contributed by atoms with Gasteiger partial charge in [0.2, 0.25) is 10.0 Å². The Morgan fingerprint density at radius 3 is 2.40 bits per heavy atom. The number of nitriles is 1. The van der Waals surface area contributed by atoms with Crippen molar-refractivity contribution in [3.05, 3.63) is 75.5 Å². The predicted molar refractivity (Wildman–Crippen MR) is 114 cm³/mol. The van der Waals surface area contributed by atoms with Crippen LogP contribution >= 0.6 is 11.3 Å². The van der Waals surface area contributed by atoms with Gasteiger partial charge >= 0.3 is 0 Å². The summed E-state index contributed by atoms with van der Waals surface area (Å²) in [4.78, 5) is 1.10. The number of thiophene rings is 1. The molecule has 0 N–H and O–H groups in total. The van der Waals surface area contributed by atoms with Crippen LogP contribution in [0.4, 0.5) is 0 Å². The van der Waals surface area contributed by atoms with E-state index in [4.69, 9.17) is 14.7 Å². The molecule has 4 rings (SSSR count). The van der Waals surface area contributed by atoms with Gasteiger partial charge in [-0.2, -0.15) is 9.57 Å². The zero-order valence-electron chi connectivity index (χ0n) is 16.5. The Kier molecular flexibility index (Phi) is 5.52. The first-order chi connectivity index (χ1) is 14.5. The van der Waals surface area contributed by atoms with Crippen molar-refractivity contribution in [2.75, 3.05) is 20.8 Å². The van der Waals surface area contributed by atoms with Gasteiger partial charge in [0.15, 0.2) is 11.5 Å². The highest BCUT2D eigenvalue weighted by molar-refractivity contribution is 7.89. The van der Waals surface area contributed by atoms with Gasteiger partial charge < -0.3 is 9.47 Å². The second kappa shape index (κ2) is 8.11. The van der Waals surface area contributed by atoms with Gasteiger partial charge in [-0.15, -0.1) is 11.3 Å². The van der Waals surface area contributed by atoms with E-state index < -0.39 is 16.1 Å². The van der Waals surface area contributed by atoms with E-state index in [0.717, 1.165) is 16.0 Å². The number of hydrogen-bond donors (Lipinski definition) is 0. The molecule has 8 heteroatoms. The van der Waals surface area contributed by atoms with E-state index >= 15 is 0 Å². The average molecular weight is 441 g/mol. The van der Waals surface area contributed by atoms with Crippen LogP contribution in [0.2, 0.25) is 0 Å². The van der Waals surface area contributed by atoms with Crippen molar-refractivity contribution < 1.29 is 17.9 Å². The minimum atomic E-state index is -3.78. The lowest BCUT2D eigenvalue weighted by Crippen LogP contribution is -2.40. The van der Waals surface area contributed by atoms with Crippen LogP contribution in [0.3, 0.4) is 0 Å². The molecule has 0 bridgehead atoms. The number of methoxy groups -OCH3 is 2. The van der Waals surface area contributed by atoms with E-state index in [1.807, 2.05) is 35.7 Å². The van der Waals surface area contributed by atoms with Gasteiger partial charge in [0.25, 0.3) is 0 Å². The van der Waals surface area contributed by atoms with Crippen molar-refractivity contribution in [3.8, 4) is 17.6 Å². The highest BCUT2D eigenvalue weighted by Gasteiger charge is 2.38. The number of fused-ring (bicyclic) bond motifs is 1. The van der Waals surface area contributed by atoms with E-state index in [0.29, 0.717) is 30.0 Å². The van der Waals surface area contributed by atoms with Crippen molar-refractivity contribution in [1.29, 1.82) is 5.26 Å². The van der Waals surface area contributed by atoms with Crippen LogP contribution in [0.5, 0.6) is 11.5 Å². The lowest BCUT2D eigenvalue weighted by molar-refractivity contribution is 0.334. The predicted octanol–water partition coefficient (Wildman–Crippen LogP) is 3.97. The topological polar surface area (TPSA) is 79.6 Å². The zero-order chi connectivity index (χ0) is 21.3. The third-order valence-corrected chi connectivity index (χ3v) is 8.04. The van der Waals surface area contributed by atoms with Gasteiger partial charge in [-0.3, -0.25) is 0 Å². The summed E-state index contributed by atoms with van der Waals surface area (Å²) in [5, 5.41) is 11.0. The fraction of sp³-hybridized carbons (Fsp3) is 0.227. The van der Waals surface area contributed by atoms with Gasteiger partial charge in [-0.05, 0) is 65.4 Å². The smallest absolute Gasteiger partial charge is 0.243 e. The Morgan fingerprint density at radius 2 is 1.80 bits per heavy atom. The van der Waals surface area contributed by atoms with Crippen LogP contribution in [-0.4, -0.2) is 33.5 Å². The first kappa shape index (κ1) is 20.4. The minimum Gasteiger partial charge on any atom is -0.493 e. The molecule has 1 aliphatic rings. The Morgan fingerprint density at radius 1 is 1.10 bits per heavy atom. The molecule has 1 aromatic heterocycles. The van der Waals surface area contributed by atoms with Gasteiger partial charge in [0.05, 0.1) is 36.8 Å². The summed E-state index contributed by atoms with van der Waals surface area (Å²) >= 11 is 1.52. The molecule has 2 aromatic carbocycles. The average Bonchev–Trinajstić information content (AvgIpc) is 3.31. The monoisotopic (exact) mass is 440 g/mol. The van der Waals surface area contributed by atoms with Crippen LogP contribution in [0.15, 0.2) is 58.8 Å². The first-order valence-electron chi connectivity index (χ1n) is 9.29. The maximum Gasteiger partial charge on any atom is 0.243 e. The second-order valence-electron chi connectivity index (χ2n) is 6.83. The molecule has 3 aromatic rings. The lowest BCUT2D eigenvalue weighted by atomic mass is 9.92. The van der Waals surface area contributed by atoms with Gasteiger partial charge in [-0.25, -0.2) is 8.42 Å². The Labute approximate surface area is 180 Å². The van der Waals surface area contributed by atoms with E-state index in [9.17, 15) is 8.42 Å². The molecular formula is C22H20N2O4S2. The molecule has 1 atom stereocenters. The Hall–Kier alpha value is -2.86. The number of hydrogen-bond acceptors (Lipinski definition) is 6. The number of ether oxygens (including phenoxy) is 2. The maximum absolute atomic E-state index is 13.6. The van der Waals surface area contributed by atoms with Crippen molar-refractivity contribution >= 4 is 21.4 Å². The number of benzene rings is 2. The third kappa shape index (κ3) is 3.45. The third-order valence-electron chi connectivity index (χ3n) is 5.23. The van der Waals surface area contributed by atoms with Gasteiger partial charge in [-0.1, -0.05) is 6.07 Å². The molecular weight excluding hydrogens is 420 g/mol. The summed E-state index contributed by atoms with van der Waals surface area (Å²) in [6.45, 7) is 0.341. The number of rotatable bonds is 5. The van der Waals surface area contributed by atoms with Crippen molar-refractivity contribution in [2.24, 2.45) is 0 Å². The second-order valence-corrected chi connectivity index (χ2v) is 9.70. The molecule has 0 amide bonds. The molecule has 2 heterocycles. The van der Waals surface area contributed by atoms with Crippen LogP contribution in [0.25, 0.3) is 0 Å². The number of nitrogens with zero attached hydrogens (tertiary/aromatic N) is 2. The van der Waals surface area contributed by atoms with E-state index in [1.165, 1.54) is 39.9 Å². The van der Waals surface area contributed by atoms with Gasteiger partial charge in [0, 0.05) is 11.4 Å². The lowest BCUT2D eigenvalue weighted by Gasteiger charge is -2.36. The molecule has 0 saturated carbocycles. The molecule has 1 unspecified atom stereocenters. The summed E-state index contributed by atoms with van der Waals surface area (Å²) in [6, 6.07) is 15.3. The quantitative estimate of drug-likeness (QED) is 0.600. The van der Waals surface area contributed by atoms with Crippen LogP contribution < -0.4 is 9.47 Å². The fourth-order valence-electron chi connectivity index (χ4n) is 3.76. The first-order valence-corrected chi connectivity index (χ1v) is 11.6. The molecule has 0 radical (unpaired) electrons. The number of sulfonamides is 1. The molecule has 154 valence electrons. The highest BCUT2D eigenvalue weighted by Crippen LogP contribution is 2.44. The van der Waals surface area contributed by atoms with E-state index in [2.05, 4.69) is 0 Å². The van der Waals surface area contributed by atoms with Crippen LogP contribution in [0, 0.1) is 11.3 Å². The summed E-state index contributed by atoms with van der Waals surface area (Å²) in [5.41, 5.74) is 2.35. The van der Waals surface area contributed by atoms with E-state index in [-0.39, 0.29) is 4.90 Å². The van der Waals surface area contributed by atoms with Gasteiger partial charge in [0.1, 0.15) is 0 Å². The fourth-order valence-corrected chi connectivity index (χ4v) is 6.27. The van der Waals surface area contributed by atoms with Crippen LogP contribution in [-0.2, 0) is 16.4 Å². The molecule has 0 aliphatic carbocycles. The summed E-state index contributed by atoms with van der Waals surface area (Å²) in [6.07, 6.45) is 0.563.